The standard InChI is InChI=1S/C14H12N4O3/c1-20-10-5-3-2-4-8(10)12-13(21-18-14(12)15)9-6-7-11(19)17-16-9/h2-7H,1H3,(H2,15,18)(H,17,19). The maximum Gasteiger partial charge on any atom is 0.264 e. The van der Waals surface area contributed by atoms with Gasteiger partial charge in [0.05, 0.1) is 12.7 Å². The molecule has 1 aromatic carbocycles. The van der Waals surface area contributed by atoms with E-state index in [1.807, 2.05) is 24.3 Å². The summed E-state index contributed by atoms with van der Waals surface area (Å²) < 4.78 is 10.6. The number of rotatable bonds is 3. The van der Waals surface area contributed by atoms with Gasteiger partial charge in [-0.3, -0.25) is 4.79 Å². The summed E-state index contributed by atoms with van der Waals surface area (Å²) in [6.45, 7) is 0. The predicted octanol–water partition coefficient (Wildman–Crippen LogP) is 1.68. The van der Waals surface area contributed by atoms with Gasteiger partial charge < -0.3 is 15.0 Å². The van der Waals surface area contributed by atoms with Gasteiger partial charge in [0.2, 0.25) is 0 Å². The first kappa shape index (κ1) is 12.9. The summed E-state index contributed by atoms with van der Waals surface area (Å²) in [6.07, 6.45) is 0. The molecule has 0 aliphatic rings. The normalized spacial score (nSPS) is 10.5. The number of ether oxygens (including phenoxy) is 1. The number of nitrogen functional groups attached to an aromatic ring is 1. The molecule has 21 heavy (non-hydrogen) atoms. The Morgan fingerprint density at radius 3 is 2.76 bits per heavy atom. The Balaban J connectivity index is 2.22. The number of H-pyrrole nitrogens is 1. The molecule has 2 heterocycles. The van der Waals surface area contributed by atoms with Gasteiger partial charge in [-0.25, -0.2) is 5.10 Å². The first-order valence-corrected chi connectivity index (χ1v) is 6.15. The number of hydrogen-bond acceptors (Lipinski definition) is 6. The Kier molecular flexibility index (Phi) is 3.15. The highest BCUT2D eigenvalue weighted by molar-refractivity contribution is 5.88. The number of aromatic nitrogens is 3. The van der Waals surface area contributed by atoms with Crippen LogP contribution in [0, 0.1) is 0 Å². The summed E-state index contributed by atoms with van der Waals surface area (Å²) >= 11 is 0. The van der Waals surface area contributed by atoms with Crippen LogP contribution in [0.4, 0.5) is 5.82 Å². The monoisotopic (exact) mass is 284 g/mol. The van der Waals surface area contributed by atoms with E-state index in [0.29, 0.717) is 22.8 Å². The average molecular weight is 284 g/mol. The van der Waals surface area contributed by atoms with Crippen LogP contribution in [0.3, 0.4) is 0 Å². The van der Waals surface area contributed by atoms with Crippen LogP contribution in [-0.2, 0) is 0 Å². The molecule has 0 fully saturated rings. The van der Waals surface area contributed by atoms with Crippen LogP contribution in [0.2, 0.25) is 0 Å². The molecule has 0 atom stereocenters. The van der Waals surface area contributed by atoms with Crippen molar-refractivity contribution in [1.82, 2.24) is 15.4 Å². The predicted molar refractivity (Wildman–Crippen MR) is 76.8 cm³/mol. The molecule has 0 unspecified atom stereocenters. The zero-order chi connectivity index (χ0) is 14.8. The maximum atomic E-state index is 11.1. The minimum atomic E-state index is -0.301. The Morgan fingerprint density at radius 1 is 1.24 bits per heavy atom. The summed E-state index contributed by atoms with van der Waals surface area (Å²) in [4.78, 5) is 11.1. The van der Waals surface area contributed by atoms with Gasteiger partial charge in [-0.05, 0) is 12.1 Å². The van der Waals surface area contributed by atoms with E-state index < -0.39 is 0 Å². The molecule has 0 bridgehead atoms. The largest absolute Gasteiger partial charge is 0.496 e. The first-order valence-electron chi connectivity index (χ1n) is 6.15. The molecular formula is C14H12N4O3. The third kappa shape index (κ3) is 2.25. The van der Waals surface area contributed by atoms with Gasteiger partial charge in [0.15, 0.2) is 11.6 Å². The second-order valence-electron chi connectivity index (χ2n) is 4.28. The van der Waals surface area contributed by atoms with Crippen LogP contribution >= 0.6 is 0 Å². The molecule has 0 aliphatic heterocycles. The van der Waals surface area contributed by atoms with E-state index in [0.717, 1.165) is 5.56 Å². The molecule has 0 saturated heterocycles. The van der Waals surface area contributed by atoms with Crippen molar-refractivity contribution in [3.63, 3.8) is 0 Å². The molecule has 0 saturated carbocycles. The van der Waals surface area contributed by atoms with Crippen molar-refractivity contribution in [2.75, 3.05) is 12.8 Å². The van der Waals surface area contributed by atoms with Crippen molar-refractivity contribution >= 4 is 5.82 Å². The van der Waals surface area contributed by atoms with Gasteiger partial charge in [0.25, 0.3) is 5.56 Å². The number of aromatic amines is 1. The number of nitrogens with two attached hydrogens (primary N) is 1. The minimum Gasteiger partial charge on any atom is -0.496 e. The van der Waals surface area contributed by atoms with Crippen LogP contribution in [0.1, 0.15) is 0 Å². The number of benzene rings is 1. The van der Waals surface area contributed by atoms with Crippen molar-refractivity contribution < 1.29 is 9.26 Å². The molecule has 7 heteroatoms. The second kappa shape index (κ2) is 5.12. The molecule has 0 amide bonds. The number of methoxy groups -OCH3 is 1. The Labute approximate surface area is 119 Å². The number of para-hydroxylation sites is 1. The minimum absolute atomic E-state index is 0.225. The van der Waals surface area contributed by atoms with E-state index >= 15 is 0 Å². The van der Waals surface area contributed by atoms with Crippen molar-refractivity contribution in [2.45, 2.75) is 0 Å². The van der Waals surface area contributed by atoms with E-state index in [2.05, 4.69) is 15.4 Å². The van der Waals surface area contributed by atoms with Crippen LogP contribution in [0.25, 0.3) is 22.6 Å². The SMILES string of the molecule is COc1ccccc1-c1c(N)noc1-c1ccc(=O)[nH]n1. The van der Waals surface area contributed by atoms with Crippen LogP contribution in [0.15, 0.2) is 45.7 Å². The van der Waals surface area contributed by atoms with Gasteiger partial charge in [-0.1, -0.05) is 23.4 Å². The van der Waals surface area contributed by atoms with Crippen molar-refractivity contribution in [3.05, 3.63) is 46.8 Å². The van der Waals surface area contributed by atoms with Gasteiger partial charge in [0.1, 0.15) is 11.4 Å². The molecule has 3 rings (SSSR count). The van der Waals surface area contributed by atoms with Crippen LogP contribution in [-0.4, -0.2) is 22.5 Å². The van der Waals surface area contributed by atoms with E-state index in [-0.39, 0.29) is 11.4 Å². The molecule has 106 valence electrons. The Hall–Kier alpha value is -3.09. The van der Waals surface area contributed by atoms with Crippen LogP contribution < -0.4 is 16.0 Å². The van der Waals surface area contributed by atoms with E-state index in [9.17, 15) is 4.79 Å². The fraction of sp³-hybridized carbons (Fsp3) is 0.0714. The summed E-state index contributed by atoms with van der Waals surface area (Å²) in [6, 6.07) is 10.3. The first-order chi connectivity index (χ1) is 10.2. The maximum absolute atomic E-state index is 11.1. The zero-order valence-electron chi connectivity index (χ0n) is 11.2. The summed E-state index contributed by atoms with van der Waals surface area (Å²) in [5.74, 6) is 1.23. The fourth-order valence-corrected chi connectivity index (χ4v) is 2.06. The van der Waals surface area contributed by atoms with Crippen LogP contribution in [0.5, 0.6) is 5.75 Å². The number of nitrogens with zero attached hydrogens (tertiary/aromatic N) is 2. The lowest BCUT2D eigenvalue weighted by molar-refractivity contribution is 0.416. The Morgan fingerprint density at radius 2 is 2.05 bits per heavy atom. The molecule has 0 radical (unpaired) electrons. The molecular weight excluding hydrogens is 272 g/mol. The quantitative estimate of drug-likeness (QED) is 0.757. The molecule has 0 spiro atoms. The third-order valence-corrected chi connectivity index (χ3v) is 3.01. The van der Waals surface area contributed by atoms with E-state index in [1.54, 1.807) is 7.11 Å². The lowest BCUT2D eigenvalue weighted by Crippen LogP contribution is -2.05. The number of hydrogen-bond donors (Lipinski definition) is 2. The molecule has 3 aromatic rings. The van der Waals surface area contributed by atoms with Crippen molar-refractivity contribution in [3.8, 4) is 28.3 Å². The lowest BCUT2D eigenvalue weighted by Gasteiger charge is -2.07. The third-order valence-electron chi connectivity index (χ3n) is 3.01. The van der Waals surface area contributed by atoms with Crippen molar-refractivity contribution in [1.29, 1.82) is 0 Å². The smallest absolute Gasteiger partial charge is 0.264 e. The summed E-state index contributed by atoms with van der Waals surface area (Å²) in [5, 5.41) is 10.1. The molecule has 7 nitrogen and oxygen atoms in total. The van der Waals surface area contributed by atoms with Gasteiger partial charge in [-0.15, -0.1) is 0 Å². The van der Waals surface area contributed by atoms with Gasteiger partial charge in [-0.2, -0.15) is 5.10 Å². The van der Waals surface area contributed by atoms with E-state index in [4.69, 9.17) is 15.0 Å². The second-order valence-corrected chi connectivity index (χ2v) is 4.28. The average Bonchev–Trinajstić information content (AvgIpc) is 2.89. The summed E-state index contributed by atoms with van der Waals surface area (Å²) in [7, 11) is 1.57. The molecule has 0 aliphatic carbocycles. The summed E-state index contributed by atoms with van der Waals surface area (Å²) in [5.41, 5.74) is 7.35. The van der Waals surface area contributed by atoms with Gasteiger partial charge in [0, 0.05) is 11.6 Å². The lowest BCUT2D eigenvalue weighted by atomic mass is 10.0. The molecule has 3 N–H and O–H groups in total. The van der Waals surface area contributed by atoms with Crippen molar-refractivity contribution in [2.24, 2.45) is 0 Å². The number of nitrogens with one attached hydrogen (secondary N) is 1. The van der Waals surface area contributed by atoms with Gasteiger partial charge >= 0.3 is 0 Å². The molecule has 2 aromatic heterocycles. The fourth-order valence-electron chi connectivity index (χ4n) is 2.06. The highest BCUT2D eigenvalue weighted by Gasteiger charge is 2.21. The highest BCUT2D eigenvalue weighted by Crippen LogP contribution is 2.39. The topological polar surface area (TPSA) is 107 Å². The zero-order valence-corrected chi connectivity index (χ0v) is 11.2. The Bertz CT molecular complexity index is 818. The number of anilines is 1. The van der Waals surface area contributed by atoms with E-state index in [1.165, 1.54) is 12.1 Å². The highest BCUT2D eigenvalue weighted by atomic mass is 16.5.